The summed E-state index contributed by atoms with van der Waals surface area (Å²) in [5.74, 6) is 1.07. The van der Waals surface area contributed by atoms with Gasteiger partial charge >= 0.3 is 0 Å². The van der Waals surface area contributed by atoms with Crippen LogP contribution < -0.4 is 5.32 Å². The van der Waals surface area contributed by atoms with Gasteiger partial charge in [0.15, 0.2) is 0 Å². The van der Waals surface area contributed by atoms with Crippen LogP contribution in [0.2, 0.25) is 0 Å². The van der Waals surface area contributed by atoms with Gasteiger partial charge in [-0.15, -0.1) is 6.58 Å². The maximum absolute atomic E-state index is 11.7. The monoisotopic (exact) mass is 252 g/mol. The molecule has 1 aliphatic rings. The molecule has 1 heterocycles. The molecule has 0 radical (unpaired) electrons. The molecule has 1 aliphatic heterocycles. The van der Waals surface area contributed by atoms with Gasteiger partial charge in [0.2, 0.25) is 11.8 Å². The summed E-state index contributed by atoms with van der Waals surface area (Å²) >= 11 is 0. The van der Waals surface area contributed by atoms with Gasteiger partial charge in [0.05, 0.1) is 0 Å². The van der Waals surface area contributed by atoms with Gasteiger partial charge in [-0.25, -0.2) is 0 Å². The van der Waals surface area contributed by atoms with Gasteiger partial charge in [-0.3, -0.25) is 9.59 Å². The minimum Gasteiger partial charge on any atom is -0.353 e. The highest BCUT2D eigenvalue weighted by molar-refractivity contribution is 5.76. The lowest BCUT2D eigenvalue weighted by Gasteiger charge is -2.37. The van der Waals surface area contributed by atoms with Crippen molar-refractivity contribution in [3.8, 4) is 0 Å². The Morgan fingerprint density at radius 3 is 2.72 bits per heavy atom. The van der Waals surface area contributed by atoms with Crippen LogP contribution in [0.25, 0.3) is 0 Å². The molecule has 0 spiro atoms. The minimum atomic E-state index is 0.0922. The summed E-state index contributed by atoms with van der Waals surface area (Å²) in [6, 6.07) is 0. The third kappa shape index (κ3) is 4.17. The van der Waals surface area contributed by atoms with Crippen LogP contribution in [0.3, 0.4) is 0 Å². The maximum atomic E-state index is 11.7. The van der Waals surface area contributed by atoms with E-state index >= 15 is 0 Å². The first-order valence-electron chi connectivity index (χ1n) is 6.71. The van der Waals surface area contributed by atoms with Gasteiger partial charge in [0, 0.05) is 33.0 Å². The number of rotatable bonds is 5. The molecule has 2 atom stereocenters. The summed E-state index contributed by atoms with van der Waals surface area (Å²) in [6.45, 7) is 9.43. The van der Waals surface area contributed by atoms with Gasteiger partial charge < -0.3 is 10.2 Å². The van der Waals surface area contributed by atoms with Crippen molar-refractivity contribution in [2.75, 3.05) is 19.6 Å². The van der Waals surface area contributed by atoms with E-state index in [2.05, 4.69) is 18.8 Å². The third-order valence-corrected chi connectivity index (χ3v) is 3.75. The molecule has 0 aromatic rings. The number of nitrogens with zero attached hydrogens (tertiary/aromatic N) is 1. The molecule has 1 fully saturated rings. The lowest BCUT2D eigenvalue weighted by atomic mass is 9.81. The second kappa shape index (κ2) is 7.19. The van der Waals surface area contributed by atoms with Gasteiger partial charge in [-0.05, 0) is 18.3 Å². The minimum absolute atomic E-state index is 0.0922. The lowest BCUT2D eigenvalue weighted by Crippen LogP contribution is -2.44. The summed E-state index contributed by atoms with van der Waals surface area (Å²) in [4.78, 5) is 25.0. The Bertz CT molecular complexity index is 315. The third-order valence-electron chi connectivity index (χ3n) is 3.75. The van der Waals surface area contributed by atoms with Crippen LogP contribution >= 0.6 is 0 Å². The molecule has 4 heteroatoms. The van der Waals surface area contributed by atoms with Crippen LogP contribution in [-0.4, -0.2) is 36.3 Å². The van der Waals surface area contributed by atoms with Crippen molar-refractivity contribution in [3.05, 3.63) is 12.7 Å². The standard InChI is InChI=1S/C14H24N2O2/c1-4-7-15-14(18)9-13-6-8-16(11(3)17)10-12(13)5-2/h4,12-13H,1,5-10H2,2-3H3,(H,15,18). The fourth-order valence-corrected chi connectivity index (χ4v) is 2.59. The molecule has 2 amide bonds. The number of nitrogens with one attached hydrogen (secondary N) is 1. The number of piperidine rings is 1. The molecular weight excluding hydrogens is 228 g/mol. The molecule has 0 saturated carbocycles. The van der Waals surface area contributed by atoms with E-state index in [0.717, 1.165) is 25.9 Å². The van der Waals surface area contributed by atoms with E-state index in [1.807, 2.05) is 4.90 Å². The molecule has 1 saturated heterocycles. The Labute approximate surface area is 109 Å². The second-order valence-corrected chi connectivity index (χ2v) is 4.98. The lowest BCUT2D eigenvalue weighted by molar-refractivity contribution is -0.131. The quantitative estimate of drug-likeness (QED) is 0.755. The number of carbonyl (C=O) groups excluding carboxylic acids is 2. The SMILES string of the molecule is C=CCNC(=O)CC1CCN(C(C)=O)CC1CC. The highest BCUT2D eigenvalue weighted by Gasteiger charge is 2.30. The largest absolute Gasteiger partial charge is 0.353 e. The summed E-state index contributed by atoms with van der Waals surface area (Å²) in [5, 5.41) is 2.82. The summed E-state index contributed by atoms with van der Waals surface area (Å²) in [6.07, 6.45) is 4.20. The topological polar surface area (TPSA) is 49.4 Å². The summed E-state index contributed by atoms with van der Waals surface area (Å²) in [7, 11) is 0. The zero-order valence-electron chi connectivity index (χ0n) is 11.4. The first kappa shape index (κ1) is 14.7. The van der Waals surface area contributed by atoms with Crippen molar-refractivity contribution in [1.29, 1.82) is 0 Å². The van der Waals surface area contributed by atoms with Gasteiger partial charge in [-0.1, -0.05) is 19.4 Å². The summed E-state index contributed by atoms with van der Waals surface area (Å²) < 4.78 is 0. The Hall–Kier alpha value is -1.32. The molecule has 4 nitrogen and oxygen atoms in total. The van der Waals surface area contributed by atoms with Crippen LogP contribution in [-0.2, 0) is 9.59 Å². The van der Waals surface area contributed by atoms with Crippen molar-refractivity contribution >= 4 is 11.8 Å². The number of hydrogen-bond acceptors (Lipinski definition) is 2. The molecule has 1 N–H and O–H groups in total. The van der Waals surface area contributed by atoms with Crippen LogP contribution in [0.15, 0.2) is 12.7 Å². The van der Waals surface area contributed by atoms with Crippen molar-refractivity contribution < 1.29 is 9.59 Å². The van der Waals surface area contributed by atoms with Crippen molar-refractivity contribution in [3.63, 3.8) is 0 Å². The van der Waals surface area contributed by atoms with E-state index in [9.17, 15) is 9.59 Å². The van der Waals surface area contributed by atoms with Crippen LogP contribution in [0.1, 0.15) is 33.1 Å². The fourth-order valence-electron chi connectivity index (χ4n) is 2.59. The van der Waals surface area contributed by atoms with E-state index in [0.29, 0.717) is 24.8 Å². The molecule has 0 aromatic carbocycles. The highest BCUT2D eigenvalue weighted by Crippen LogP contribution is 2.28. The maximum Gasteiger partial charge on any atom is 0.220 e. The Morgan fingerprint density at radius 2 is 2.17 bits per heavy atom. The van der Waals surface area contributed by atoms with E-state index in [-0.39, 0.29) is 11.8 Å². The summed E-state index contributed by atoms with van der Waals surface area (Å²) in [5.41, 5.74) is 0. The number of amides is 2. The predicted octanol–water partition coefficient (Wildman–Crippen LogP) is 1.57. The number of carbonyl (C=O) groups is 2. The van der Waals surface area contributed by atoms with E-state index < -0.39 is 0 Å². The average molecular weight is 252 g/mol. The molecule has 1 rings (SSSR count). The second-order valence-electron chi connectivity index (χ2n) is 4.98. The zero-order valence-corrected chi connectivity index (χ0v) is 11.4. The molecule has 18 heavy (non-hydrogen) atoms. The highest BCUT2D eigenvalue weighted by atomic mass is 16.2. The first-order valence-corrected chi connectivity index (χ1v) is 6.71. The van der Waals surface area contributed by atoms with Crippen LogP contribution in [0.5, 0.6) is 0 Å². The Balaban J connectivity index is 2.48. The molecule has 102 valence electrons. The Kier molecular flexibility index (Phi) is 5.89. The molecule has 0 aliphatic carbocycles. The molecule has 2 unspecified atom stereocenters. The van der Waals surface area contributed by atoms with Gasteiger partial charge in [0.1, 0.15) is 0 Å². The van der Waals surface area contributed by atoms with E-state index in [1.54, 1.807) is 13.0 Å². The van der Waals surface area contributed by atoms with Crippen molar-refractivity contribution in [2.24, 2.45) is 11.8 Å². The van der Waals surface area contributed by atoms with Crippen molar-refractivity contribution in [2.45, 2.75) is 33.1 Å². The predicted molar refractivity (Wildman–Crippen MR) is 72.0 cm³/mol. The number of hydrogen-bond donors (Lipinski definition) is 1. The molecule has 0 bridgehead atoms. The van der Waals surface area contributed by atoms with Crippen LogP contribution in [0, 0.1) is 11.8 Å². The van der Waals surface area contributed by atoms with E-state index in [1.165, 1.54) is 0 Å². The Morgan fingerprint density at radius 1 is 1.44 bits per heavy atom. The van der Waals surface area contributed by atoms with Crippen molar-refractivity contribution in [1.82, 2.24) is 10.2 Å². The van der Waals surface area contributed by atoms with Gasteiger partial charge in [0.25, 0.3) is 0 Å². The first-order chi connectivity index (χ1) is 8.58. The smallest absolute Gasteiger partial charge is 0.220 e. The van der Waals surface area contributed by atoms with Gasteiger partial charge in [-0.2, -0.15) is 0 Å². The van der Waals surface area contributed by atoms with Crippen LogP contribution in [0.4, 0.5) is 0 Å². The average Bonchev–Trinajstić information content (AvgIpc) is 2.36. The number of likely N-dealkylation sites (tertiary alicyclic amines) is 1. The van der Waals surface area contributed by atoms with E-state index in [4.69, 9.17) is 0 Å². The molecule has 0 aromatic heterocycles. The fraction of sp³-hybridized carbons (Fsp3) is 0.714. The normalized spacial score (nSPS) is 23.6. The zero-order chi connectivity index (χ0) is 13.5. The molecular formula is C14H24N2O2.